The van der Waals surface area contributed by atoms with Gasteiger partial charge in [0.25, 0.3) is 5.56 Å². The van der Waals surface area contributed by atoms with Crippen molar-refractivity contribution in [2.45, 2.75) is 39.7 Å². The van der Waals surface area contributed by atoms with Crippen molar-refractivity contribution in [3.05, 3.63) is 91.9 Å². The maximum Gasteiger partial charge on any atom is 0.255 e. The van der Waals surface area contributed by atoms with E-state index < -0.39 is 6.10 Å². The van der Waals surface area contributed by atoms with Crippen molar-refractivity contribution in [1.82, 2.24) is 4.57 Å². The lowest BCUT2D eigenvalue weighted by Crippen LogP contribution is -2.27. The molecule has 31 heavy (non-hydrogen) atoms. The molecule has 0 bridgehead atoms. The highest BCUT2D eigenvalue weighted by Crippen LogP contribution is 2.21. The number of halogens is 1. The van der Waals surface area contributed by atoms with Gasteiger partial charge in [-0.25, -0.2) is 0 Å². The zero-order valence-electron chi connectivity index (χ0n) is 18.1. The van der Waals surface area contributed by atoms with E-state index in [0.29, 0.717) is 30.0 Å². The molecule has 0 aliphatic carbocycles. The van der Waals surface area contributed by atoms with Crippen molar-refractivity contribution in [1.29, 1.82) is 5.41 Å². The van der Waals surface area contributed by atoms with Gasteiger partial charge in [-0.2, -0.15) is 0 Å². The zero-order valence-corrected chi connectivity index (χ0v) is 18.8. The number of aliphatic hydroxyl groups excluding tert-OH is 1. The van der Waals surface area contributed by atoms with Crippen LogP contribution in [0.4, 0.5) is 5.69 Å². The number of aromatic nitrogens is 1. The topological polar surface area (TPSA) is 78.1 Å². The molecule has 3 aromatic rings. The molecule has 5 nitrogen and oxygen atoms in total. The summed E-state index contributed by atoms with van der Waals surface area (Å²) in [6.07, 6.45) is 1.58. The van der Waals surface area contributed by atoms with E-state index in [2.05, 4.69) is 5.32 Å². The van der Waals surface area contributed by atoms with Crippen LogP contribution in [-0.2, 0) is 6.42 Å². The Morgan fingerprint density at radius 2 is 1.84 bits per heavy atom. The van der Waals surface area contributed by atoms with Crippen molar-refractivity contribution in [3.63, 3.8) is 0 Å². The molecule has 0 saturated heterocycles. The zero-order chi connectivity index (χ0) is 22.5. The van der Waals surface area contributed by atoms with E-state index in [0.717, 1.165) is 33.8 Å². The van der Waals surface area contributed by atoms with Gasteiger partial charge in [0.15, 0.2) is 0 Å². The van der Waals surface area contributed by atoms with Gasteiger partial charge >= 0.3 is 0 Å². The van der Waals surface area contributed by atoms with Gasteiger partial charge in [0, 0.05) is 40.8 Å². The average molecular weight is 438 g/mol. The van der Waals surface area contributed by atoms with Gasteiger partial charge in [-0.05, 0) is 68.5 Å². The van der Waals surface area contributed by atoms with Crippen LogP contribution in [0.25, 0.3) is 5.69 Å². The largest absolute Gasteiger partial charge is 0.391 e. The van der Waals surface area contributed by atoms with Crippen molar-refractivity contribution in [2.75, 3.05) is 11.9 Å². The van der Waals surface area contributed by atoms with E-state index in [9.17, 15) is 9.90 Å². The minimum atomic E-state index is -0.625. The Morgan fingerprint density at radius 3 is 2.52 bits per heavy atom. The Kier molecular flexibility index (Phi) is 7.31. The molecule has 0 aliphatic heterocycles. The van der Waals surface area contributed by atoms with E-state index in [-0.39, 0.29) is 5.56 Å². The predicted octanol–water partition coefficient (Wildman–Crippen LogP) is 4.82. The predicted molar refractivity (Wildman–Crippen MR) is 128 cm³/mol. The van der Waals surface area contributed by atoms with Crippen LogP contribution in [-0.4, -0.2) is 28.5 Å². The Bertz CT molecular complexity index is 1150. The number of anilines is 1. The molecule has 2 aromatic carbocycles. The number of rotatable bonds is 8. The number of hydrogen-bond acceptors (Lipinski definition) is 4. The molecule has 0 radical (unpaired) electrons. The van der Waals surface area contributed by atoms with Gasteiger partial charge in [-0.3, -0.25) is 9.36 Å². The van der Waals surface area contributed by atoms with Gasteiger partial charge in [0.2, 0.25) is 0 Å². The lowest BCUT2D eigenvalue weighted by Gasteiger charge is -2.20. The second-order valence-corrected chi connectivity index (χ2v) is 8.24. The monoisotopic (exact) mass is 437 g/mol. The molecule has 0 amide bonds. The minimum Gasteiger partial charge on any atom is -0.391 e. The summed E-state index contributed by atoms with van der Waals surface area (Å²) < 4.78 is 1.67. The number of benzene rings is 2. The third kappa shape index (κ3) is 5.24. The number of nitrogens with one attached hydrogen (secondary N) is 2. The van der Waals surface area contributed by atoms with Gasteiger partial charge in [-0.1, -0.05) is 35.9 Å². The van der Waals surface area contributed by atoms with Crippen LogP contribution in [0.1, 0.15) is 34.4 Å². The Balaban J connectivity index is 1.83. The van der Waals surface area contributed by atoms with E-state index in [1.54, 1.807) is 10.6 Å². The first-order valence-electron chi connectivity index (χ1n) is 10.3. The standard InChI is InChI=1S/C25H28ClN3O2/c1-16-8-9-19(13-22(16)26)28-15-20(30)10-11-24-21(14-27)18(3)12-25(31)29(24)23-7-5-4-6-17(23)2/h4-9,12-14,20,27-28,30H,10-11,15H2,1-3H3. The number of aliphatic hydroxyl groups is 1. The fraction of sp³-hybridized carbons (Fsp3) is 0.280. The molecule has 162 valence electrons. The molecule has 0 saturated carbocycles. The number of pyridine rings is 1. The highest BCUT2D eigenvalue weighted by atomic mass is 35.5. The molecule has 1 aromatic heterocycles. The SMILES string of the molecule is Cc1ccc(NCC(O)CCc2c(C=N)c(C)cc(=O)n2-c2ccccc2C)cc1Cl. The second-order valence-electron chi connectivity index (χ2n) is 7.83. The van der Waals surface area contributed by atoms with Crippen LogP contribution in [0.2, 0.25) is 5.02 Å². The summed E-state index contributed by atoms with van der Waals surface area (Å²) in [5.41, 5.74) is 5.72. The lowest BCUT2D eigenvalue weighted by atomic mass is 10.0. The third-order valence-corrected chi connectivity index (χ3v) is 5.90. The quantitative estimate of drug-likeness (QED) is 0.442. The second kappa shape index (κ2) is 9.94. The fourth-order valence-electron chi connectivity index (χ4n) is 3.67. The summed E-state index contributed by atoms with van der Waals surface area (Å²) >= 11 is 6.17. The van der Waals surface area contributed by atoms with Crippen LogP contribution >= 0.6 is 11.6 Å². The van der Waals surface area contributed by atoms with Crippen molar-refractivity contribution in [3.8, 4) is 5.69 Å². The highest BCUT2D eigenvalue weighted by molar-refractivity contribution is 6.31. The molecule has 0 aliphatic rings. The summed E-state index contributed by atoms with van der Waals surface area (Å²) in [6.45, 7) is 6.10. The summed E-state index contributed by atoms with van der Waals surface area (Å²) in [5, 5.41) is 22.4. The molecule has 6 heteroatoms. The normalized spacial score (nSPS) is 11.9. The number of para-hydroxylation sites is 1. The Morgan fingerprint density at radius 1 is 1.10 bits per heavy atom. The molecule has 0 spiro atoms. The molecular weight excluding hydrogens is 410 g/mol. The smallest absolute Gasteiger partial charge is 0.255 e. The van der Waals surface area contributed by atoms with Crippen LogP contribution in [0.15, 0.2) is 53.3 Å². The number of nitrogens with zero attached hydrogens (tertiary/aromatic N) is 1. The maximum absolute atomic E-state index is 12.9. The fourth-order valence-corrected chi connectivity index (χ4v) is 3.86. The Hall–Kier alpha value is -2.89. The highest BCUT2D eigenvalue weighted by Gasteiger charge is 2.16. The minimum absolute atomic E-state index is 0.130. The van der Waals surface area contributed by atoms with E-state index >= 15 is 0 Å². The lowest BCUT2D eigenvalue weighted by molar-refractivity contribution is 0.177. The van der Waals surface area contributed by atoms with Crippen LogP contribution in [0.3, 0.4) is 0 Å². The summed E-state index contributed by atoms with van der Waals surface area (Å²) in [5.74, 6) is 0. The van der Waals surface area contributed by atoms with Crippen LogP contribution in [0, 0.1) is 26.2 Å². The molecule has 3 rings (SSSR count). The maximum atomic E-state index is 12.9. The van der Waals surface area contributed by atoms with E-state index in [1.165, 1.54) is 6.21 Å². The first-order valence-corrected chi connectivity index (χ1v) is 10.7. The summed E-state index contributed by atoms with van der Waals surface area (Å²) in [7, 11) is 0. The first kappa shape index (κ1) is 22.8. The van der Waals surface area contributed by atoms with E-state index in [4.69, 9.17) is 17.0 Å². The van der Waals surface area contributed by atoms with Gasteiger partial charge in [-0.15, -0.1) is 0 Å². The molecule has 3 N–H and O–H groups in total. The summed E-state index contributed by atoms with van der Waals surface area (Å²) in [4.78, 5) is 12.9. The number of aryl methyl sites for hydroxylation is 3. The summed E-state index contributed by atoms with van der Waals surface area (Å²) in [6, 6.07) is 15.0. The molecule has 1 heterocycles. The number of hydrogen-bond donors (Lipinski definition) is 3. The van der Waals surface area contributed by atoms with Crippen molar-refractivity contribution >= 4 is 23.5 Å². The van der Waals surface area contributed by atoms with Gasteiger partial charge in [0.05, 0.1) is 11.8 Å². The van der Waals surface area contributed by atoms with Gasteiger partial charge in [0.1, 0.15) is 0 Å². The first-order chi connectivity index (χ1) is 14.8. The van der Waals surface area contributed by atoms with Crippen molar-refractivity contribution in [2.24, 2.45) is 0 Å². The average Bonchev–Trinajstić information content (AvgIpc) is 2.74. The van der Waals surface area contributed by atoms with E-state index in [1.807, 2.05) is 63.2 Å². The van der Waals surface area contributed by atoms with Crippen molar-refractivity contribution < 1.29 is 5.11 Å². The molecule has 1 atom stereocenters. The molecule has 1 unspecified atom stereocenters. The van der Waals surface area contributed by atoms with Gasteiger partial charge < -0.3 is 15.8 Å². The molecular formula is C25H28ClN3O2. The van der Waals surface area contributed by atoms with Crippen LogP contribution in [0.5, 0.6) is 0 Å². The van der Waals surface area contributed by atoms with Crippen LogP contribution < -0.4 is 10.9 Å². The molecule has 0 fully saturated rings. The Labute approximate surface area is 187 Å². The third-order valence-electron chi connectivity index (χ3n) is 5.49.